The molecule has 8 nitrogen and oxygen atoms in total. The second-order valence-electron chi connectivity index (χ2n) is 5.60. The third kappa shape index (κ3) is 4.19. The zero-order valence-corrected chi connectivity index (χ0v) is 16.2. The number of para-hydroxylation sites is 1. The topological polar surface area (TPSA) is 87.5 Å². The van der Waals surface area contributed by atoms with E-state index >= 15 is 0 Å². The molecule has 0 aliphatic heterocycles. The maximum Gasteiger partial charge on any atom is 0.358 e. The Bertz CT molecular complexity index is 907. The fourth-order valence-electron chi connectivity index (χ4n) is 2.56. The van der Waals surface area contributed by atoms with Crippen molar-refractivity contribution in [3.8, 4) is 11.4 Å². The molecule has 3 rings (SSSR count). The van der Waals surface area contributed by atoms with E-state index in [1.165, 1.54) is 14.2 Å². The van der Waals surface area contributed by atoms with Crippen molar-refractivity contribution in [3.05, 3.63) is 66.5 Å². The molecule has 2 aromatic carbocycles. The first-order valence-electron chi connectivity index (χ1n) is 8.19. The van der Waals surface area contributed by atoms with Crippen LogP contribution in [0.3, 0.4) is 0 Å². The third-order valence-electron chi connectivity index (χ3n) is 4.03. The molecule has 1 N–H and O–H groups in total. The average Bonchev–Trinajstić information content (AvgIpc) is 3.22. The summed E-state index contributed by atoms with van der Waals surface area (Å²) < 4.78 is 30.2. The van der Waals surface area contributed by atoms with Crippen molar-refractivity contribution in [2.45, 2.75) is 5.78 Å². The van der Waals surface area contributed by atoms with Crippen LogP contribution in [0.4, 0.5) is 5.69 Å². The Morgan fingerprint density at radius 1 is 1.00 bits per heavy atom. The van der Waals surface area contributed by atoms with Gasteiger partial charge in [0.05, 0.1) is 19.0 Å². The quantitative estimate of drug-likeness (QED) is 0.586. The van der Waals surface area contributed by atoms with Crippen LogP contribution < -0.4 is 10.1 Å². The van der Waals surface area contributed by atoms with Gasteiger partial charge in [0, 0.05) is 19.9 Å². The lowest BCUT2D eigenvalue weighted by molar-refractivity contribution is 0.268. The lowest BCUT2D eigenvalue weighted by Gasteiger charge is -2.24. The fraction of sp³-hybridized carbons (Fsp3) is 0.222. The molecule has 1 atom stereocenters. The molecule has 1 aromatic heterocycles. The smallest absolute Gasteiger partial charge is 0.358 e. The van der Waals surface area contributed by atoms with Crippen LogP contribution in [-0.2, 0) is 13.6 Å². The van der Waals surface area contributed by atoms with Crippen molar-refractivity contribution in [2.75, 3.05) is 26.6 Å². The second kappa shape index (κ2) is 8.35. The van der Waals surface area contributed by atoms with Crippen LogP contribution in [-0.4, -0.2) is 36.3 Å². The van der Waals surface area contributed by atoms with Gasteiger partial charge in [-0.25, -0.2) is 4.68 Å². The first-order chi connectivity index (χ1) is 13.1. The van der Waals surface area contributed by atoms with Gasteiger partial charge in [0.25, 0.3) is 0 Å². The highest BCUT2D eigenvalue weighted by molar-refractivity contribution is 7.54. The van der Waals surface area contributed by atoms with Crippen molar-refractivity contribution < 1.29 is 18.3 Å². The van der Waals surface area contributed by atoms with E-state index in [4.69, 9.17) is 13.8 Å². The SMILES string of the molecule is COc1ccc(-n2cc(C(Nc3ccccc3)P(=O)(OC)OC)nn2)cc1. The van der Waals surface area contributed by atoms with Crippen LogP contribution in [0.25, 0.3) is 5.69 Å². The Morgan fingerprint density at radius 3 is 2.26 bits per heavy atom. The number of nitrogens with zero attached hydrogens (tertiary/aromatic N) is 3. The van der Waals surface area contributed by atoms with E-state index in [9.17, 15) is 4.57 Å². The molecule has 27 heavy (non-hydrogen) atoms. The Balaban J connectivity index is 1.94. The summed E-state index contributed by atoms with van der Waals surface area (Å²) in [6, 6.07) is 16.7. The van der Waals surface area contributed by atoms with E-state index in [-0.39, 0.29) is 0 Å². The van der Waals surface area contributed by atoms with Gasteiger partial charge in [0.15, 0.2) is 5.78 Å². The van der Waals surface area contributed by atoms with E-state index in [1.54, 1.807) is 18.0 Å². The number of rotatable bonds is 8. The first-order valence-corrected chi connectivity index (χ1v) is 9.80. The molecule has 142 valence electrons. The Morgan fingerprint density at radius 2 is 1.67 bits per heavy atom. The molecule has 0 aliphatic carbocycles. The summed E-state index contributed by atoms with van der Waals surface area (Å²) in [6.07, 6.45) is 1.69. The van der Waals surface area contributed by atoms with Crippen LogP contribution >= 0.6 is 7.60 Å². The zero-order chi connectivity index (χ0) is 19.3. The highest BCUT2D eigenvalue weighted by Crippen LogP contribution is 2.59. The van der Waals surface area contributed by atoms with Crippen molar-refractivity contribution in [1.82, 2.24) is 15.0 Å². The van der Waals surface area contributed by atoms with Gasteiger partial charge in [-0.1, -0.05) is 23.4 Å². The highest BCUT2D eigenvalue weighted by Gasteiger charge is 2.38. The normalized spacial score (nSPS) is 12.6. The molecule has 0 radical (unpaired) electrons. The molecule has 1 heterocycles. The lowest BCUT2D eigenvalue weighted by atomic mass is 10.3. The van der Waals surface area contributed by atoms with Crippen molar-refractivity contribution >= 4 is 13.3 Å². The average molecular weight is 388 g/mol. The minimum absolute atomic E-state index is 0.432. The van der Waals surface area contributed by atoms with Crippen molar-refractivity contribution in [1.29, 1.82) is 0 Å². The molecule has 0 aliphatic rings. The summed E-state index contributed by atoms with van der Waals surface area (Å²) in [5.74, 6) is -0.0760. The van der Waals surface area contributed by atoms with Crippen LogP contribution in [0.5, 0.6) is 5.75 Å². The Hall–Kier alpha value is -2.67. The van der Waals surface area contributed by atoms with Gasteiger partial charge in [0.2, 0.25) is 0 Å². The zero-order valence-electron chi connectivity index (χ0n) is 15.3. The van der Waals surface area contributed by atoms with E-state index in [2.05, 4.69) is 15.6 Å². The summed E-state index contributed by atoms with van der Waals surface area (Å²) in [5, 5.41) is 11.5. The molecule has 0 bridgehead atoms. The van der Waals surface area contributed by atoms with E-state index < -0.39 is 13.4 Å². The molecular weight excluding hydrogens is 367 g/mol. The van der Waals surface area contributed by atoms with Gasteiger partial charge in [-0.3, -0.25) is 4.57 Å². The lowest BCUT2D eigenvalue weighted by Crippen LogP contribution is -2.14. The number of ether oxygens (including phenoxy) is 1. The number of hydrogen-bond acceptors (Lipinski definition) is 7. The number of benzene rings is 2. The number of hydrogen-bond donors (Lipinski definition) is 1. The molecule has 3 aromatic rings. The molecule has 0 spiro atoms. The summed E-state index contributed by atoms with van der Waals surface area (Å²) in [6.45, 7) is 0. The number of methoxy groups -OCH3 is 1. The second-order valence-corrected chi connectivity index (χ2v) is 7.93. The molecule has 0 amide bonds. The first kappa shape index (κ1) is 19.1. The summed E-state index contributed by atoms with van der Waals surface area (Å²) in [5.41, 5.74) is 1.98. The Labute approximate surface area is 157 Å². The molecule has 9 heteroatoms. The maximum absolute atomic E-state index is 13.1. The molecule has 0 saturated heterocycles. The molecule has 1 unspecified atom stereocenters. The maximum atomic E-state index is 13.1. The number of aromatic nitrogens is 3. The van der Waals surface area contributed by atoms with Crippen LogP contribution in [0.1, 0.15) is 11.5 Å². The van der Waals surface area contributed by atoms with Crippen molar-refractivity contribution in [3.63, 3.8) is 0 Å². The van der Waals surface area contributed by atoms with Crippen molar-refractivity contribution in [2.24, 2.45) is 0 Å². The van der Waals surface area contributed by atoms with Gasteiger partial charge in [-0.2, -0.15) is 0 Å². The summed E-state index contributed by atoms with van der Waals surface area (Å²) in [7, 11) is 0.780. The predicted molar refractivity (Wildman–Crippen MR) is 102 cm³/mol. The largest absolute Gasteiger partial charge is 0.497 e. The minimum atomic E-state index is -3.52. The predicted octanol–water partition coefficient (Wildman–Crippen LogP) is 3.87. The monoisotopic (exact) mass is 388 g/mol. The van der Waals surface area contributed by atoms with Gasteiger partial charge >= 0.3 is 7.60 Å². The van der Waals surface area contributed by atoms with Gasteiger partial charge in [-0.05, 0) is 36.4 Å². The standard InChI is InChI=1S/C18H21N4O4P/c1-24-16-11-9-15(10-12-16)22-13-17(20-21-22)18(27(23,25-2)26-3)19-14-7-5-4-6-8-14/h4-13,18-19H,1-3H3. The Kier molecular flexibility index (Phi) is 5.91. The van der Waals surface area contributed by atoms with E-state index in [1.807, 2.05) is 54.6 Å². The van der Waals surface area contributed by atoms with Crippen LogP contribution in [0.15, 0.2) is 60.8 Å². The third-order valence-corrected chi connectivity index (χ3v) is 6.07. The van der Waals surface area contributed by atoms with Gasteiger partial charge in [0.1, 0.15) is 11.4 Å². The minimum Gasteiger partial charge on any atom is -0.497 e. The van der Waals surface area contributed by atoms with Crippen LogP contribution in [0, 0.1) is 0 Å². The summed E-state index contributed by atoms with van der Waals surface area (Å²) in [4.78, 5) is 0. The number of nitrogens with one attached hydrogen (secondary N) is 1. The molecular formula is C18H21N4O4P. The van der Waals surface area contributed by atoms with Gasteiger partial charge in [-0.15, -0.1) is 5.10 Å². The fourth-order valence-corrected chi connectivity index (χ4v) is 3.88. The van der Waals surface area contributed by atoms with E-state index in [0.29, 0.717) is 5.69 Å². The van der Waals surface area contributed by atoms with Crippen LogP contribution in [0.2, 0.25) is 0 Å². The van der Waals surface area contributed by atoms with E-state index in [0.717, 1.165) is 17.1 Å². The molecule has 0 saturated carbocycles. The summed E-state index contributed by atoms with van der Waals surface area (Å²) >= 11 is 0. The number of anilines is 1. The molecule has 0 fully saturated rings. The van der Waals surface area contributed by atoms with Gasteiger partial charge < -0.3 is 19.1 Å². The highest BCUT2D eigenvalue weighted by atomic mass is 31.2.